The zero-order valence-electron chi connectivity index (χ0n) is 11.2. The van der Waals surface area contributed by atoms with Gasteiger partial charge in [0.05, 0.1) is 6.33 Å². The topological polar surface area (TPSA) is 29.9 Å². The summed E-state index contributed by atoms with van der Waals surface area (Å²) in [6.07, 6.45) is 5.62. The first kappa shape index (κ1) is 12.5. The molecule has 20 heavy (non-hydrogen) atoms. The fraction of sp³-hybridized carbons (Fsp3) is 0.118. The number of anilines is 1. The lowest BCUT2D eigenvalue weighted by molar-refractivity contribution is 0.797. The minimum atomic E-state index is 0.843. The lowest BCUT2D eigenvalue weighted by Gasteiger charge is -2.09. The van der Waals surface area contributed by atoms with Crippen molar-refractivity contribution in [3.05, 3.63) is 84.4 Å². The van der Waals surface area contributed by atoms with Gasteiger partial charge in [0.15, 0.2) is 0 Å². The molecule has 3 rings (SSSR count). The Balaban J connectivity index is 1.65. The smallest absolute Gasteiger partial charge is 0.0949 e. The molecule has 0 fully saturated rings. The van der Waals surface area contributed by atoms with E-state index in [1.165, 1.54) is 11.1 Å². The van der Waals surface area contributed by atoms with E-state index >= 15 is 0 Å². The van der Waals surface area contributed by atoms with Crippen LogP contribution in [0.1, 0.15) is 11.1 Å². The minimum absolute atomic E-state index is 0.843. The number of hydrogen-bond donors (Lipinski definition) is 1. The molecule has 0 saturated heterocycles. The summed E-state index contributed by atoms with van der Waals surface area (Å²) < 4.78 is 2.07. The number of hydrogen-bond acceptors (Lipinski definition) is 2. The summed E-state index contributed by atoms with van der Waals surface area (Å²) in [5.41, 5.74) is 3.69. The van der Waals surface area contributed by atoms with Gasteiger partial charge in [0.2, 0.25) is 0 Å². The van der Waals surface area contributed by atoms with Gasteiger partial charge in [-0.25, -0.2) is 4.98 Å². The molecule has 100 valence electrons. The molecule has 0 amide bonds. The molecule has 0 radical (unpaired) electrons. The highest BCUT2D eigenvalue weighted by Crippen LogP contribution is 2.13. The molecule has 1 aromatic heterocycles. The summed E-state index contributed by atoms with van der Waals surface area (Å²) in [6, 6.07) is 18.9. The van der Waals surface area contributed by atoms with Crippen LogP contribution in [0.2, 0.25) is 0 Å². The first-order chi connectivity index (χ1) is 9.90. The first-order valence-electron chi connectivity index (χ1n) is 6.73. The third kappa shape index (κ3) is 3.26. The number of benzene rings is 2. The normalized spacial score (nSPS) is 10.4. The highest BCUT2D eigenvalue weighted by atomic mass is 15.0. The highest BCUT2D eigenvalue weighted by molar-refractivity contribution is 5.46. The molecule has 0 bridgehead atoms. The Hall–Kier alpha value is -2.55. The third-order valence-electron chi connectivity index (χ3n) is 3.19. The summed E-state index contributed by atoms with van der Waals surface area (Å²) in [5.74, 6) is 0. The maximum Gasteiger partial charge on any atom is 0.0949 e. The highest BCUT2D eigenvalue weighted by Gasteiger charge is 1.98. The van der Waals surface area contributed by atoms with E-state index in [1.54, 1.807) is 6.20 Å². The Morgan fingerprint density at radius 1 is 0.950 bits per heavy atom. The molecular formula is C17H17N3. The Kier molecular flexibility index (Phi) is 3.78. The van der Waals surface area contributed by atoms with E-state index in [9.17, 15) is 0 Å². The molecule has 2 aromatic carbocycles. The Labute approximate surface area is 118 Å². The molecule has 0 atom stereocenters. The van der Waals surface area contributed by atoms with Crippen molar-refractivity contribution in [2.75, 3.05) is 5.32 Å². The molecule has 3 heteroatoms. The van der Waals surface area contributed by atoms with E-state index in [4.69, 9.17) is 0 Å². The quantitative estimate of drug-likeness (QED) is 0.763. The number of aromatic nitrogens is 2. The molecule has 3 aromatic rings. The second kappa shape index (κ2) is 6.06. The van der Waals surface area contributed by atoms with Crippen molar-refractivity contribution in [1.29, 1.82) is 0 Å². The van der Waals surface area contributed by atoms with Gasteiger partial charge in [0.1, 0.15) is 0 Å². The van der Waals surface area contributed by atoms with Crippen LogP contribution in [0.25, 0.3) is 0 Å². The van der Waals surface area contributed by atoms with Crippen LogP contribution in [0.3, 0.4) is 0 Å². The minimum Gasteiger partial charge on any atom is -0.381 e. The van der Waals surface area contributed by atoms with Gasteiger partial charge in [-0.3, -0.25) is 0 Å². The summed E-state index contributed by atoms with van der Waals surface area (Å²) in [5, 5.41) is 3.46. The predicted molar refractivity (Wildman–Crippen MR) is 81.5 cm³/mol. The molecule has 0 aliphatic rings. The van der Waals surface area contributed by atoms with Crippen LogP contribution >= 0.6 is 0 Å². The maximum atomic E-state index is 4.06. The molecule has 0 spiro atoms. The molecule has 1 heterocycles. The maximum absolute atomic E-state index is 4.06. The van der Waals surface area contributed by atoms with Gasteiger partial charge >= 0.3 is 0 Å². The summed E-state index contributed by atoms with van der Waals surface area (Å²) in [6.45, 7) is 1.69. The fourth-order valence-corrected chi connectivity index (χ4v) is 2.17. The summed E-state index contributed by atoms with van der Waals surface area (Å²) in [4.78, 5) is 4.06. The van der Waals surface area contributed by atoms with Crippen LogP contribution in [0.4, 0.5) is 5.69 Å². The van der Waals surface area contributed by atoms with Crippen molar-refractivity contribution in [2.24, 2.45) is 0 Å². The molecule has 0 aliphatic carbocycles. The van der Waals surface area contributed by atoms with Gasteiger partial charge in [0, 0.05) is 31.2 Å². The largest absolute Gasteiger partial charge is 0.381 e. The number of rotatable bonds is 5. The van der Waals surface area contributed by atoms with Gasteiger partial charge in [-0.05, 0) is 23.3 Å². The van der Waals surface area contributed by atoms with Crippen molar-refractivity contribution >= 4 is 5.69 Å². The van der Waals surface area contributed by atoms with Crippen molar-refractivity contribution in [3.8, 4) is 0 Å². The number of nitrogens with one attached hydrogen (secondary N) is 1. The Morgan fingerprint density at radius 3 is 2.60 bits per heavy atom. The van der Waals surface area contributed by atoms with Gasteiger partial charge in [-0.1, -0.05) is 42.5 Å². The van der Waals surface area contributed by atoms with E-state index in [0.29, 0.717) is 0 Å². The molecule has 0 saturated carbocycles. The van der Waals surface area contributed by atoms with E-state index in [1.807, 2.05) is 18.6 Å². The summed E-state index contributed by atoms with van der Waals surface area (Å²) in [7, 11) is 0. The Bertz CT molecular complexity index is 645. The van der Waals surface area contributed by atoms with Crippen molar-refractivity contribution in [2.45, 2.75) is 13.1 Å². The first-order valence-corrected chi connectivity index (χ1v) is 6.73. The van der Waals surface area contributed by atoms with Crippen LogP contribution < -0.4 is 5.32 Å². The Morgan fingerprint density at radius 2 is 1.80 bits per heavy atom. The van der Waals surface area contributed by atoms with Gasteiger partial charge in [-0.2, -0.15) is 0 Å². The third-order valence-corrected chi connectivity index (χ3v) is 3.19. The van der Waals surface area contributed by atoms with E-state index in [2.05, 4.69) is 63.4 Å². The summed E-state index contributed by atoms with van der Waals surface area (Å²) >= 11 is 0. The van der Waals surface area contributed by atoms with Crippen LogP contribution in [0.15, 0.2) is 73.3 Å². The van der Waals surface area contributed by atoms with Crippen LogP contribution in [-0.2, 0) is 13.1 Å². The predicted octanol–water partition coefficient (Wildman–Crippen LogP) is 3.54. The van der Waals surface area contributed by atoms with E-state index in [-0.39, 0.29) is 0 Å². The lowest BCUT2D eigenvalue weighted by Crippen LogP contribution is -2.01. The number of nitrogens with zero attached hydrogens (tertiary/aromatic N) is 2. The lowest BCUT2D eigenvalue weighted by atomic mass is 10.2. The SMILES string of the molecule is c1ccc(CNc2cccc(Cn3ccnc3)c2)cc1. The van der Waals surface area contributed by atoms with Crippen LogP contribution in [0, 0.1) is 0 Å². The standard InChI is InChI=1S/C17H17N3/c1-2-5-15(6-3-1)12-19-17-8-4-7-16(11-17)13-20-10-9-18-14-20/h1-11,14,19H,12-13H2. The van der Waals surface area contributed by atoms with E-state index in [0.717, 1.165) is 18.8 Å². The average Bonchev–Trinajstić information content (AvgIpc) is 3.00. The zero-order chi connectivity index (χ0) is 13.6. The van der Waals surface area contributed by atoms with Crippen LogP contribution in [-0.4, -0.2) is 9.55 Å². The number of imidazole rings is 1. The van der Waals surface area contributed by atoms with E-state index < -0.39 is 0 Å². The fourth-order valence-electron chi connectivity index (χ4n) is 2.17. The van der Waals surface area contributed by atoms with Crippen molar-refractivity contribution in [3.63, 3.8) is 0 Å². The molecular weight excluding hydrogens is 246 g/mol. The second-order valence-corrected chi connectivity index (χ2v) is 4.77. The van der Waals surface area contributed by atoms with Crippen molar-refractivity contribution in [1.82, 2.24) is 9.55 Å². The second-order valence-electron chi connectivity index (χ2n) is 4.77. The molecule has 3 nitrogen and oxygen atoms in total. The van der Waals surface area contributed by atoms with Crippen molar-refractivity contribution < 1.29 is 0 Å². The van der Waals surface area contributed by atoms with Gasteiger partial charge in [-0.15, -0.1) is 0 Å². The molecule has 0 aliphatic heterocycles. The van der Waals surface area contributed by atoms with Gasteiger partial charge in [0.25, 0.3) is 0 Å². The van der Waals surface area contributed by atoms with Crippen LogP contribution in [0.5, 0.6) is 0 Å². The monoisotopic (exact) mass is 263 g/mol. The molecule has 0 unspecified atom stereocenters. The van der Waals surface area contributed by atoms with Gasteiger partial charge < -0.3 is 9.88 Å². The average molecular weight is 263 g/mol. The molecule has 1 N–H and O–H groups in total. The zero-order valence-corrected chi connectivity index (χ0v) is 11.2.